The van der Waals surface area contributed by atoms with Crippen LogP contribution < -0.4 is 10.6 Å². The number of nitrogens with one attached hydrogen (secondary N) is 2. The van der Waals surface area contributed by atoms with Crippen molar-refractivity contribution in [3.05, 3.63) is 83.9 Å². The minimum absolute atomic E-state index is 0.00928. The molecule has 3 aromatic carbocycles. The van der Waals surface area contributed by atoms with Gasteiger partial charge in [0, 0.05) is 19.2 Å². The number of likely N-dealkylation sites (tertiary alicyclic amines) is 1. The fourth-order valence-corrected chi connectivity index (χ4v) is 4.30. The van der Waals surface area contributed by atoms with E-state index in [1.165, 1.54) is 6.08 Å². The van der Waals surface area contributed by atoms with Gasteiger partial charge in [0.05, 0.1) is 11.3 Å². The lowest BCUT2D eigenvalue weighted by Gasteiger charge is -2.22. The zero-order chi connectivity index (χ0) is 23.0. The average molecular weight is 458 g/mol. The molecule has 6 heteroatoms. The Balaban J connectivity index is 1.41. The predicted octanol–water partition coefficient (Wildman–Crippen LogP) is 5.38. The van der Waals surface area contributed by atoms with E-state index in [0.29, 0.717) is 11.3 Å². The summed E-state index contributed by atoms with van der Waals surface area (Å²) in [5, 5.41) is 8.04. The highest BCUT2D eigenvalue weighted by Gasteiger charge is 2.20. The van der Waals surface area contributed by atoms with Crippen LogP contribution in [0.25, 0.3) is 16.8 Å². The molecule has 1 fully saturated rings. The Kier molecular flexibility index (Phi) is 7.47. The van der Waals surface area contributed by atoms with Crippen LogP contribution in [-0.2, 0) is 4.79 Å². The maximum atomic E-state index is 13.1. The fourth-order valence-electron chi connectivity index (χ4n) is 4.09. The minimum Gasteiger partial charge on any atom is -0.339 e. The van der Waals surface area contributed by atoms with Crippen molar-refractivity contribution in [3.8, 4) is 0 Å². The maximum Gasteiger partial charge on any atom is 0.255 e. The summed E-state index contributed by atoms with van der Waals surface area (Å²) in [6.07, 6.45) is 7.61. The van der Waals surface area contributed by atoms with E-state index in [-0.39, 0.29) is 16.9 Å². The van der Waals surface area contributed by atoms with E-state index in [1.54, 1.807) is 18.2 Å². The number of nitrogens with zero attached hydrogens (tertiary/aromatic N) is 1. The van der Waals surface area contributed by atoms with E-state index < -0.39 is 0 Å². The first kappa shape index (κ1) is 22.7. The summed E-state index contributed by atoms with van der Waals surface area (Å²) >= 11 is 5.34. The molecule has 1 saturated heterocycles. The summed E-state index contributed by atoms with van der Waals surface area (Å²) in [7, 11) is 0. The van der Waals surface area contributed by atoms with Crippen molar-refractivity contribution in [1.82, 2.24) is 10.2 Å². The molecule has 5 nitrogen and oxygen atoms in total. The quantitative estimate of drug-likeness (QED) is 0.408. The summed E-state index contributed by atoms with van der Waals surface area (Å²) in [4.78, 5) is 27.4. The number of carbonyl (C=O) groups excluding carboxylic acids is 2. The van der Waals surface area contributed by atoms with E-state index in [2.05, 4.69) is 10.6 Å². The maximum absolute atomic E-state index is 13.1. The van der Waals surface area contributed by atoms with Gasteiger partial charge in [-0.15, -0.1) is 0 Å². The Morgan fingerprint density at radius 2 is 1.55 bits per heavy atom. The number of para-hydroxylation sites is 1. The number of benzene rings is 3. The van der Waals surface area contributed by atoms with Crippen LogP contribution in [0.15, 0.2) is 72.8 Å². The second-order valence-electron chi connectivity index (χ2n) is 8.10. The molecular weight excluding hydrogens is 430 g/mol. The molecule has 0 saturated carbocycles. The summed E-state index contributed by atoms with van der Waals surface area (Å²) in [6.45, 7) is 1.54. The van der Waals surface area contributed by atoms with E-state index in [1.807, 2.05) is 59.5 Å². The van der Waals surface area contributed by atoms with Gasteiger partial charge in [-0.3, -0.25) is 14.9 Å². The first-order valence-corrected chi connectivity index (χ1v) is 11.7. The standard InChI is InChI=1S/C27H27N3O2S/c31-25(17-16-21-12-9-11-20-10-3-4-13-22(20)21)29-27(33)28-24-15-6-5-14-23(24)26(32)30-18-7-1-2-8-19-30/h3-6,9-17H,1-2,7-8,18-19H2,(H2,28,29,31,33). The zero-order valence-electron chi connectivity index (χ0n) is 18.4. The van der Waals surface area contributed by atoms with Crippen LogP contribution in [0.4, 0.5) is 5.69 Å². The molecule has 0 atom stereocenters. The first-order chi connectivity index (χ1) is 16.1. The molecule has 2 amide bonds. The van der Waals surface area contributed by atoms with Crippen molar-refractivity contribution in [1.29, 1.82) is 0 Å². The third-order valence-corrected chi connectivity index (χ3v) is 5.98. The molecule has 3 aromatic rings. The number of hydrogen-bond donors (Lipinski definition) is 2. The van der Waals surface area contributed by atoms with Gasteiger partial charge in [-0.25, -0.2) is 0 Å². The van der Waals surface area contributed by atoms with E-state index >= 15 is 0 Å². The van der Waals surface area contributed by atoms with Crippen molar-refractivity contribution >= 4 is 51.7 Å². The predicted molar refractivity (Wildman–Crippen MR) is 138 cm³/mol. The zero-order valence-corrected chi connectivity index (χ0v) is 19.2. The third-order valence-electron chi connectivity index (χ3n) is 5.77. The second kappa shape index (κ2) is 10.9. The number of anilines is 1. The van der Waals surface area contributed by atoms with Crippen LogP contribution in [0.2, 0.25) is 0 Å². The second-order valence-corrected chi connectivity index (χ2v) is 8.51. The van der Waals surface area contributed by atoms with Gasteiger partial charge >= 0.3 is 0 Å². The Hall–Kier alpha value is -3.51. The molecule has 33 heavy (non-hydrogen) atoms. The Morgan fingerprint density at radius 3 is 2.36 bits per heavy atom. The lowest BCUT2D eigenvalue weighted by Crippen LogP contribution is -2.35. The Morgan fingerprint density at radius 1 is 0.848 bits per heavy atom. The Labute approximate surface area is 199 Å². The molecule has 0 spiro atoms. The molecule has 0 unspecified atom stereocenters. The van der Waals surface area contributed by atoms with E-state index in [4.69, 9.17) is 12.2 Å². The van der Waals surface area contributed by atoms with Crippen molar-refractivity contribution in [2.75, 3.05) is 18.4 Å². The molecule has 0 bridgehead atoms. The van der Waals surface area contributed by atoms with Crippen LogP contribution in [0.3, 0.4) is 0 Å². The van der Waals surface area contributed by atoms with Crippen LogP contribution in [-0.4, -0.2) is 34.9 Å². The number of thiocarbonyl (C=S) groups is 1. The van der Waals surface area contributed by atoms with Gasteiger partial charge in [0.15, 0.2) is 5.11 Å². The Bertz CT molecular complexity index is 1190. The largest absolute Gasteiger partial charge is 0.339 e. The highest BCUT2D eigenvalue weighted by molar-refractivity contribution is 7.80. The number of fused-ring (bicyclic) bond motifs is 1. The van der Waals surface area contributed by atoms with Crippen LogP contribution >= 0.6 is 12.2 Å². The van der Waals surface area contributed by atoms with E-state index in [9.17, 15) is 9.59 Å². The van der Waals surface area contributed by atoms with Gasteiger partial charge in [-0.1, -0.05) is 67.4 Å². The number of amides is 2. The molecule has 2 N–H and O–H groups in total. The smallest absolute Gasteiger partial charge is 0.255 e. The summed E-state index contributed by atoms with van der Waals surface area (Å²) in [5.41, 5.74) is 2.10. The van der Waals surface area contributed by atoms with Gasteiger partial charge in [0.1, 0.15) is 0 Å². The fraction of sp³-hybridized carbons (Fsp3) is 0.222. The highest BCUT2D eigenvalue weighted by Crippen LogP contribution is 2.21. The van der Waals surface area contributed by atoms with Crippen molar-refractivity contribution in [2.24, 2.45) is 0 Å². The van der Waals surface area contributed by atoms with Gasteiger partial charge in [0.2, 0.25) is 5.91 Å². The van der Waals surface area contributed by atoms with E-state index in [0.717, 1.165) is 55.1 Å². The number of hydrogen-bond acceptors (Lipinski definition) is 3. The molecular formula is C27H27N3O2S. The number of rotatable bonds is 4. The lowest BCUT2D eigenvalue weighted by molar-refractivity contribution is -0.115. The average Bonchev–Trinajstić information content (AvgIpc) is 3.12. The van der Waals surface area contributed by atoms with Gasteiger partial charge in [0.25, 0.3) is 5.91 Å². The molecule has 1 heterocycles. The molecule has 168 valence electrons. The van der Waals surface area contributed by atoms with Gasteiger partial charge in [-0.2, -0.15) is 0 Å². The topological polar surface area (TPSA) is 61.4 Å². The molecule has 0 aromatic heterocycles. The molecule has 4 rings (SSSR count). The van der Waals surface area contributed by atoms with Gasteiger partial charge < -0.3 is 10.2 Å². The minimum atomic E-state index is -0.336. The monoisotopic (exact) mass is 457 g/mol. The highest BCUT2D eigenvalue weighted by atomic mass is 32.1. The van der Waals surface area contributed by atoms with Crippen molar-refractivity contribution in [2.45, 2.75) is 25.7 Å². The summed E-state index contributed by atoms with van der Waals surface area (Å²) in [6, 6.07) is 21.3. The summed E-state index contributed by atoms with van der Waals surface area (Å²) in [5.74, 6) is -0.346. The third kappa shape index (κ3) is 5.84. The van der Waals surface area contributed by atoms with Crippen LogP contribution in [0, 0.1) is 0 Å². The molecule has 1 aliphatic rings. The molecule has 0 aliphatic carbocycles. The van der Waals surface area contributed by atoms with Crippen LogP contribution in [0.5, 0.6) is 0 Å². The van der Waals surface area contributed by atoms with Crippen LogP contribution in [0.1, 0.15) is 41.6 Å². The van der Waals surface area contributed by atoms with Gasteiger partial charge in [-0.05, 0) is 59.6 Å². The lowest BCUT2D eigenvalue weighted by atomic mass is 10.0. The first-order valence-electron chi connectivity index (χ1n) is 11.3. The number of carbonyl (C=O) groups is 2. The molecule has 0 radical (unpaired) electrons. The normalized spacial score (nSPS) is 14.1. The van der Waals surface area contributed by atoms with Crippen molar-refractivity contribution < 1.29 is 9.59 Å². The van der Waals surface area contributed by atoms with Crippen molar-refractivity contribution in [3.63, 3.8) is 0 Å². The molecule has 1 aliphatic heterocycles. The summed E-state index contributed by atoms with van der Waals surface area (Å²) < 4.78 is 0. The SMILES string of the molecule is O=C(C=Cc1cccc2ccccc12)NC(=S)Nc1ccccc1C(=O)N1CCCCCC1.